The fourth-order valence-electron chi connectivity index (χ4n) is 2.02. The number of nitrogens with zero attached hydrogens (tertiary/aromatic N) is 2. The maximum atomic E-state index is 5.91. The Morgan fingerprint density at radius 2 is 1.91 bits per heavy atom. The molecule has 0 atom stereocenters. The Labute approximate surface area is 152 Å². The molecule has 0 amide bonds. The minimum atomic E-state index is 0.719. The van der Waals surface area contributed by atoms with Crippen molar-refractivity contribution in [2.75, 3.05) is 5.43 Å². The Morgan fingerprint density at radius 3 is 2.65 bits per heavy atom. The van der Waals surface area contributed by atoms with Crippen molar-refractivity contribution in [1.82, 2.24) is 4.98 Å². The van der Waals surface area contributed by atoms with Crippen molar-refractivity contribution in [2.45, 2.75) is 6.92 Å². The maximum Gasteiger partial charge on any atom is 0.203 e. The van der Waals surface area contributed by atoms with Crippen LogP contribution >= 0.6 is 38.9 Å². The van der Waals surface area contributed by atoms with Gasteiger partial charge in [-0.2, -0.15) is 5.10 Å². The maximum absolute atomic E-state index is 5.91. The summed E-state index contributed by atoms with van der Waals surface area (Å²) < 4.78 is 1.02. The van der Waals surface area contributed by atoms with Crippen molar-refractivity contribution in [3.63, 3.8) is 0 Å². The highest BCUT2D eigenvalue weighted by Gasteiger charge is 2.05. The number of rotatable bonds is 4. The largest absolute Gasteiger partial charge is 0.252 e. The highest BCUT2D eigenvalue weighted by atomic mass is 79.9. The topological polar surface area (TPSA) is 37.3 Å². The number of thiazole rings is 1. The van der Waals surface area contributed by atoms with Crippen LogP contribution in [0.25, 0.3) is 11.3 Å². The van der Waals surface area contributed by atoms with E-state index in [-0.39, 0.29) is 0 Å². The van der Waals surface area contributed by atoms with Gasteiger partial charge in [-0.3, -0.25) is 5.43 Å². The molecule has 116 valence electrons. The monoisotopic (exact) mass is 405 g/mol. The van der Waals surface area contributed by atoms with E-state index in [9.17, 15) is 0 Å². The quantitative estimate of drug-likeness (QED) is 0.422. The first-order valence-corrected chi connectivity index (χ1v) is 8.95. The van der Waals surface area contributed by atoms with Gasteiger partial charge in [0.1, 0.15) is 0 Å². The number of halogens is 2. The lowest BCUT2D eigenvalue weighted by atomic mass is 10.1. The summed E-state index contributed by atoms with van der Waals surface area (Å²) in [6, 6.07) is 15.6. The molecule has 0 saturated carbocycles. The van der Waals surface area contributed by atoms with E-state index in [0.717, 1.165) is 37.2 Å². The number of aromatic nitrogens is 1. The van der Waals surface area contributed by atoms with Crippen molar-refractivity contribution < 1.29 is 0 Å². The Hall–Kier alpha value is -1.69. The van der Waals surface area contributed by atoms with Gasteiger partial charge in [0.15, 0.2) is 0 Å². The smallest absolute Gasteiger partial charge is 0.203 e. The van der Waals surface area contributed by atoms with Gasteiger partial charge < -0.3 is 0 Å². The summed E-state index contributed by atoms with van der Waals surface area (Å²) in [5, 5.41) is 7.87. The number of nitrogens with one attached hydrogen (secondary N) is 1. The van der Waals surface area contributed by atoms with Crippen molar-refractivity contribution in [1.29, 1.82) is 0 Å². The standard InChI is InChI=1S/C17H13BrClN3S/c1-11(14-4-2-3-5-15(14)18)21-22-17-20-16(10-23-17)12-6-8-13(19)9-7-12/h2-10H,1H3,(H,20,22)/b21-11+. The summed E-state index contributed by atoms with van der Waals surface area (Å²) >= 11 is 11.0. The van der Waals surface area contributed by atoms with Crippen LogP contribution in [0, 0.1) is 0 Å². The summed E-state index contributed by atoms with van der Waals surface area (Å²) in [5.41, 5.74) is 6.90. The molecule has 0 aliphatic carbocycles. The van der Waals surface area contributed by atoms with E-state index in [1.54, 1.807) is 0 Å². The van der Waals surface area contributed by atoms with Crippen molar-refractivity contribution in [2.24, 2.45) is 5.10 Å². The van der Waals surface area contributed by atoms with E-state index in [1.807, 2.05) is 60.8 Å². The average molecular weight is 407 g/mol. The van der Waals surface area contributed by atoms with Crippen LogP contribution in [0.4, 0.5) is 5.13 Å². The molecular weight excluding hydrogens is 394 g/mol. The molecule has 0 spiro atoms. The molecule has 0 bridgehead atoms. The summed E-state index contributed by atoms with van der Waals surface area (Å²) in [6.07, 6.45) is 0. The van der Waals surface area contributed by atoms with E-state index >= 15 is 0 Å². The molecule has 23 heavy (non-hydrogen) atoms. The van der Waals surface area contributed by atoms with Gasteiger partial charge in [0.25, 0.3) is 0 Å². The third kappa shape index (κ3) is 3.99. The first-order valence-electron chi connectivity index (χ1n) is 6.90. The summed E-state index contributed by atoms with van der Waals surface area (Å²) in [4.78, 5) is 4.54. The lowest BCUT2D eigenvalue weighted by Gasteiger charge is -2.03. The summed E-state index contributed by atoms with van der Waals surface area (Å²) in [6.45, 7) is 1.96. The fraction of sp³-hybridized carbons (Fsp3) is 0.0588. The van der Waals surface area contributed by atoms with Crippen LogP contribution < -0.4 is 5.43 Å². The molecule has 3 aromatic rings. The second-order valence-corrected chi connectivity index (χ2v) is 6.98. The van der Waals surface area contributed by atoms with Crippen LogP contribution in [0.1, 0.15) is 12.5 Å². The lowest BCUT2D eigenvalue weighted by Crippen LogP contribution is -2.00. The van der Waals surface area contributed by atoms with Gasteiger partial charge in [-0.15, -0.1) is 11.3 Å². The highest BCUT2D eigenvalue weighted by Crippen LogP contribution is 2.26. The molecule has 3 rings (SSSR count). The number of hydrogen-bond donors (Lipinski definition) is 1. The second kappa shape index (κ2) is 7.25. The van der Waals surface area contributed by atoms with E-state index < -0.39 is 0 Å². The zero-order valence-corrected chi connectivity index (χ0v) is 15.4. The zero-order chi connectivity index (χ0) is 16.2. The predicted molar refractivity (Wildman–Crippen MR) is 103 cm³/mol. The van der Waals surface area contributed by atoms with Gasteiger partial charge in [0, 0.05) is 26.0 Å². The number of benzene rings is 2. The first kappa shape index (κ1) is 16.2. The molecule has 1 N–H and O–H groups in total. The molecule has 0 fully saturated rings. The molecule has 0 aliphatic heterocycles. The molecule has 6 heteroatoms. The van der Waals surface area contributed by atoms with Crippen molar-refractivity contribution in [3.05, 3.63) is 69.0 Å². The molecule has 3 nitrogen and oxygen atoms in total. The Kier molecular flexibility index (Phi) is 5.10. The van der Waals surface area contributed by atoms with Crippen molar-refractivity contribution >= 4 is 49.7 Å². The molecular formula is C17H13BrClN3S. The van der Waals surface area contributed by atoms with E-state index in [1.165, 1.54) is 11.3 Å². The van der Waals surface area contributed by atoms with Gasteiger partial charge in [-0.25, -0.2) is 4.98 Å². The molecule has 0 aliphatic rings. The predicted octanol–water partition coefficient (Wildman–Crippen LogP) is 6.06. The van der Waals surface area contributed by atoms with E-state index in [0.29, 0.717) is 0 Å². The van der Waals surface area contributed by atoms with Gasteiger partial charge in [-0.1, -0.05) is 57.9 Å². The Bertz CT molecular complexity index is 843. The molecule has 0 radical (unpaired) electrons. The van der Waals surface area contributed by atoms with E-state index in [2.05, 4.69) is 31.4 Å². The van der Waals surface area contributed by atoms with Crippen LogP contribution in [-0.2, 0) is 0 Å². The van der Waals surface area contributed by atoms with Gasteiger partial charge in [0.2, 0.25) is 5.13 Å². The lowest BCUT2D eigenvalue weighted by molar-refractivity contribution is 1.27. The van der Waals surface area contributed by atoms with Crippen LogP contribution in [0.3, 0.4) is 0 Å². The molecule has 1 heterocycles. The SMILES string of the molecule is C/C(=N\Nc1nc(-c2ccc(Cl)cc2)cs1)c1ccccc1Br. The van der Waals surface area contributed by atoms with Gasteiger partial charge >= 0.3 is 0 Å². The minimum Gasteiger partial charge on any atom is -0.252 e. The fourth-order valence-corrected chi connectivity index (χ4v) is 3.38. The average Bonchev–Trinajstić information content (AvgIpc) is 3.03. The van der Waals surface area contributed by atoms with Gasteiger partial charge in [0.05, 0.1) is 11.4 Å². The minimum absolute atomic E-state index is 0.719. The molecule has 1 aromatic heterocycles. The number of hydrazone groups is 1. The summed E-state index contributed by atoms with van der Waals surface area (Å²) in [7, 11) is 0. The van der Waals surface area contributed by atoms with Crippen LogP contribution in [0.2, 0.25) is 5.02 Å². The highest BCUT2D eigenvalue weighted by molar-refractivity contribution is 9.10. The third-order valence-corrected chi connectivity index (χ3v) is 4.92. The van der Waals surface area contributed by atoms with Gasteiger partial charge in [-0.05, 0) is 25.1 Å². The van der Waals surface area contributed by atoms with E-state index in [4.69, 9.17) is 11.6 Å². The first-order chi connectivity index (χ1) is 11.1. The van der Waals surface area contributed by atoms with Crippen LogP contribution in [-0.4, -0.2) is 10.7 Å². The number of anilines is 1. The Balaban J connectivity index is 1.75. The number of hydrogen-bond acceptors (Lipinski definition) is 4. The molecule has 0 unspecified atom stereocenters. The third-order valence-electron chi connectivity index (χ3n) is 3.23. The van der Waals surface area contributed by atoms with Crippen molar-refractivity contribution in [3.8, 4) is 11.3 Å². The molecule has 0 saturated heterocycles. The molecule has 2 aromatic carbocycles. The van der Waals surface area contributed by atoms with Crippen LogP contribution in [0.15, 0.2) is 63.5 Å². The van der Waals surface area contributed by atoms with Crippen LogP contribution in [0.5, 0.6) is 0 Å². The second-order valence-electron chi connectivity index (χ2n) is 4.83. The Morgan fingerprint density at radius 1 is 1.17 bits per heavy atom. The summed E-state index contributed by atoms with van der Waals surface area (Å²) in [5.74, 6) is 0. The normalized spacial score (nSPS) is 11.5. The zero-order valence-electron chi connectivity index (χ0n) is 12.3.